The minimum absolute atomic E-state index is 0.00440. The summed E-state index contributed by atoms with van der Waals surface area (Å²) in [6.07, 6.45) is 2.33. The predicted octanol–water partition coefficient (Wildman–Crippen LogP) is 5.72. The van der Waals surface area contributed by atoms with Crippen LogP contribution in [0.3, 0.4) is 0 Å². The van der Waals surface area contributed by atoms with Gasteiger partial charge in [0.05, 0.1) is 24.5 Å². The zero-order chi connectivity index (χ0) is 23.6. The number of amides is 1. The molecule has 172 valence electrons. The average Bonchev–Trinajstić information content (AvgIpc) is 2.84. The van der Waals surface area contributed by atoms with Gasteiger partial charge < -0.3 is 14.2 Å². The molecule has 1 amide bonds. The first kappa shape index (κ1) is 24.1. The van der Waals surface area contributed by atoms with Crippen LogP contribution in [0.4, 0.5) is 0 Å². The third kappa shape index (κ3) is 6.99. The van der Waals surface area contributed by atoms with Gasteiger partial charge in [0.1, 0.15) is 5.75 Å². The minimum Gasteiger partial charge on any atom is -0.493 e. The fraction of sp³-hybridized carbons (Fsp3) is 0.231. The summed E-state index contributed by atoms with van der Waals surface area (Å²) in [4.78, 5) is 12.1. The highest BCUT2D eigenvalue weighted by atomic mass is 35.5. The van der Waals surface area contributed by atoms with E-state index in [0.29, 0.717) is 27.8 Å². The molecule has 0 spiro atoms. The number of benzene rings is 3. The summed E-state index contributed by atoms with van der Waals surface area (Å²) in [6, 6.07) is 21.0. The van der Waals surface area contributed by atoms with E-state index in [-0.39, 0.29) is 18.6 Å². The monoisotopic (exact) mass is 466 g/mol. The third-order valence-electron chi connectivity index (χ3n) is 4.88. The fourth-order valence-electron chi connectivity index (χ4n) is 2.95. The molecule has 0 fully saturated rings. The number of hydrazone groups is 1. The van der Waals surface area contributed by atoms with Gasteiger partial charge in [-0.05, 0) is 54.3 Å². The van der Waals surface area contributed by atoms with E-state index >= 15 is 0 Å². The molecule has 0 unspecified atom stereocenters. The Labute approximate surface area is 199 Å². The lowest BCUT2D eigenvalue weighted by atomic mass is 10.1. The first-order valence-electron chi connectivity index (χ1n) is 10.6. The van der Waals surface area contributed by atoms with Gasteiger partial charge in [0.15, 0.2) is 18.1 Å². The van der Waals surface area contributed by atoms with E-state index in [2.05, 4.69) is 10.5 Å². The Kier molecular flexibility index (Phi) is 8.72. The Morgan fingerprint density at radius 2 is 1.79 bits per heavy atom. The second-order valence-corrected chi connectivity index (χ2v) is 7.75. The maximum Gasteiger partial charge on any atom is 0.277 e. The molecule has 0 saturated carbocycles. The zero-order valence-electron chi connectivity index (χ0n) is 18.9. The van der Waals surface area contributed by atoms with Crippen LogP contribution in [0, 0.1) is 0 Å². The van der Waals surface area contributed by atoms with Crippen LogP contribution in [0.25, 0.3) is 11.1 Å². The van der Waals surface area contributed by atoms with Crippen molar-refractivity contribution in [3.8, 4) is 28.4 Å². The second kappa shape index (κ2) is 11.9. The Morgan fingerprint density at radius 1 is 1.09 bits per heavy atom. The molecule has 0 aliphatic heterocycles. The largest absolute Gasteiger partial charge is 0.493 e. The summed E-state index contributed by atoms with van der Waals surface area (Å²) in [5.41, 5.74) is 5.29. The smallest absolute Gasteiger partial charge is 0.277 e. The lowest BCUT2D eigenvalue weighted by Gasteiger charge is -2.17. The first-order valence-corrected chi connectivity index (χ1v) is 11.0. The summed E-state index contributed by atoms with van der Waals surface area (Å²) in [5, 5.41) is 4.38. The minimum atomic E-state index is -0.381. The lowest BCUT2D eigenvalue weighted by molar-refractivity contribution is -0.123. The van der Waals surface area contributed by atoms with E-state index in [1.807, 2.05) is 68.4 Å². The zero-order valence-corrected chi connectivity index (χ0v) is 19.6. The Bertz CT molecular complexity index is 1090. The molecule has 0 aliphatic carbocycles. The molecule has 0 aromatic heterocycles. The number of methoxy groups -OCH3 is 1. The fourth-order valence-corrected chi connectivity index (χ4v) is 3.21. The maximum absolute atomic E-state index is 12.1. The molecule has 33 heavy (non-hydrogen) atoms. The van der Waals surface area contributed by atoms with Crippen LogP contribution in [-0.2, 0) is 4.79 Å². The highest BCUT2D eigenvalue weighted by Crippen LogP contribution is 2.37. The number of halogens is 1. The highest BCUT2D eigenvalue weighted by molar-refractivity contribution is 6.32. The SMILES string of the molecule is CC[C@H](C)Oc1c(Cl)cc(/C=N/NC(=O)COc2ccc(-c3ccccc3)cc2)cc1OC. The molecule has 0 bridgehead atoms. The molecule has 0 radical (unpaired) electrons. The summed E-state index contributed by atoms with van der Waals surface area (Å²) in [5.74, 6) is 1.20. The van der Waals surface area contributed by atoms with Crippen molar-refractivity contribution >= 4 is 23.7 Å². The number of ether oxygens (including phenoxy) is 3. The Hall–Kier alpha value is -3.51. The molecule has 3 rings (SSSR count). The lowest BCUT2D eigenvalue weighted by Crippen LogP contribution is -2.24. The van der Waals surface area contributed by atoms with Crippen LogP contribution < -0.4 is 19.6 Å². The van der Waals surface area contributed by atoms with E-state index < -0.39 is 0 Å². The van der Waals surface area contributed by atoms with Gasteiger partial charge in [-0.3, -0.25) is 4.79 Å². The number of rotatable bonds is 10. The molecular weight excluding hydrogens is 440 g/mol. The van der Waals surface area contributed by atoms with E-state index in [0.717, 1.165) is 17.5 Å². The Morgan fingerprint density at radius 3 is 2.45 bits per heavy atom. The third-order valence-corrected chi connectivity index (χ3v) is 5.16. The topological polar surface area (TPSA) is 69.2 Å². The van der Waals surface area contributed by atoms with Crippen molar-refractivity contribution in [3.63, 3.8) is 0 Å². The van der Waals surface area contributed by atoms with Gasteiger partial charge in [0.25, 0.3) is 5.91 Å². The number of hydrogen-bond acceptors (Lipinski definition) is 5. The van der Waals surface area contributed by atoms with E-state index in [1.54, 1.807) is 19.2 Å². The molecule has 6 nitrogen and oxygen atoms in total. The normalized spacial score (nSPS) is 11.8. The van der Waals surface area contributed by atoms with Crippen molar-refractivity contribution in [2.45, 2.75) is 26.4 Å². The van der Waals surface area contributed by atoms with Gasteiger partial charge in [-0.25, -0.2) is 5.43 Å². The van der Waals surface area contributed by atoms with Crippen molar-refractivity contribution in [3.05, 3.63) is 77.3 Å². The number of nitrogens with zero attached hydrogens (tertiary/aromatic N) is 1. The summed E-state index contributed by atoms with van der Waals surface area (Å²) >= 11 is 6.35. The molecule has 0 saturated heterocycles. The van der Waals surface area contributed by atoms with Crippen molar-refractivity contribution < 1.29 is 19.0 Å². The Balaban J connectivity index is 1.53. The average molecular weight is 467 g/mol. The van der Waals surface area contributed by atoms with Crippen LogP contribution in [0.2, 0.25) is 5.02 Å². The molecule has 1 atom stereocenters. The van der Waals surface area contributed by atoms with Gasteiger partial charge in [-0.1, -0.05) is 61.0 Å². The highest BCUT2D eigenvalue weighted by Gasteiger charge is 2.14. The van der Waals surface area contributed by atoms with Crippen LogP contribution in [0.15, 0.2) is 71.8 Å². The maximum atomic E-state index is 12.1. The molecule has 0 heterocycles. The molecular formula is C26H27ClN2O4. The van der Waals surface area contributed by atoms with E-state index in [9.17, 15) is 4.79 Å². The van der Waals surface area contributed by atoms with E-state index in [1.165, 1.54) is 6.21 Å². The van der Waals surface area contributed by atoms with Crippen LogP contribution in [-0.4, -0.2) is 31.9 Å². The van der Waals surface area contributed by atoms with Crippen molar-refractivity contribution in [2.24, 2.45) is 5.10 Å². The van der Waals surface area contributed by atoms with Gasteiger partial charge in [-0.15, -0.1) is 0 Å². The standard InChI is InChI=1S/C26H27ClN2O4/c1-4-18(2)33-26-23(27)14-19(15-24(26)31-3)16-28-29-25(30)17-32-22-12-10-21(11-13-22)20-8-6-5-7-9-20/h5-16,18H,4,17H2,1-3H3,(H,29,30)/b28-16+/t18-/m0/s1. The van der Waals surface area contributed by atoms with Crippen molar-refractivity contribution in [1.29, 1.82) is 0 Å². The number of carbonyl (C=O) groups is 1. The number of carbonyl (C=O) groups excluding carboxylic acids is 1. The van der Waals surface area contributed by atoms with Crippen LogP contribution in [0.1, 0.15) is 25.8 Å². The van der Waals surface area contributed by atoms with Crippen molar-refractivity contribution in [2.75, 3.05) is 13.7 Å². The van der Waals surface area contributed by atoms with Crippen LogP contribution in [0.5, 0.6) is 17.2 Å². The summed E-state index contributed by atoms with van der Waals surface area (Å²) < 4.78 is 16.8. The molecule has 3 aromatic carbocycles. The second-order valence-electron chi connectivity index (χ2n) is 7.34. The first-order chi connectivity index (χ1) is 16.0. The summed E-state index contributed by atoms with van der Waals surface area (Å²) in [6.45, 7) is 3.83. The predicted molar refractivity (Wildman–Crippen MR) is 131 cm³/mol. The van der Waals surface area contributed by atoms with E-state index in [4.69, 9.17) is 25.8 Å². The molecule has 7 heteroatoms. The molecule has 3 aromatic rings. The molecule has 1 N–H and O–H groups in total. The van der Waals surface area contributed by atoms with Gasteiger partial charge in [0, 0.05) is 0 Å². The molecule has 0 aliphatic rings. The van der Waals surface area contributed by atoms with Gasteiger partial charge in [0.2, 0.25) is 0 Å². The summed E-state index contributed by atoms with van der Waals surface area (Å²) in [7, 11) is 1.54. The van der Waals surface area contributed by atoms with Gasteiger partial charge in [-0.2, -0.15) is 5.10 Å². The number of hydrogen-bond donors (Lipinski definition) is 1. The van der Waals surface area contributed by atoms with Gasteiger partial charge >= 0.3 is 0 Å². The van der Waals surface area contributed by atoms with Crippen LogP contribution >= 0.6 is 11.6 Å². The van der Waals surface area contributed by atoms with Crippen molar-refractivity contribution in [1.82, 2.24) is 5.43 Å². The number of nitrogens with one attached hydrogen (secondary N) is 1. The quantitative estimate of drug-likeness (QED) is 0.306.